The number of amides is 1. The maximum atomic E-state index is 12.2. The first kappa shape index (κ1) is 20.3. The number of aromatic nitrogens is 3. The summed E-state index contributed by atoms with van der Waals surface area (Å²) >= 11 is 0. The second-order valence-corrected chi connectivity index (χ2v) is 6.64. The molecule has 3 rings (SSSR count). The third-order valence-electron chi connectivity index (χ3n) is 4.67. The molecular weight excluding hydrogens is 364 g/mol. The summed E-state index contributed by atoms with van der Waals surface area (Å²) in [6, 6.07) is 13.4. The lowest BCUT2D eigenvalue weighted by molar-refractivity contribution is 0.0945. The number of nitrogens with zero attached hydrogens (tertiary/aromatic N) is 4. The Morgan fingerprint density at radius 3 is 2.52 bits per heavy atom. The third-order valence-corrected chi connectivity index (χ3v) is 4.67. The van der Waals surface area contributed by atoms with Crippen molar-refractivity contribution in [2.75, 3.05) is 23.3 Å². The van der Waals surface area contributed by atoms with E-state index in [1.54, 1.807) is 24.5 Å². The molecule has 1 amide bonds. The molecule has 150 valence electrons. The molecule has 0 fully saturated rings. The Bertz CT molecular complexity index is 939. The summed E-state index contributed by atoms with van der Waals surface area (Å²) in [4.78, 5) is 18.6. The van der Waals surface area contributed by atoms with Crippen LogP contribution in [0.25, 0.3) is 0 Å². The Balaban J connectivity index is 1.62. The normalized spacial score (nSPS) is 10.4. The molecule has 0 aliphatic carbocycles. The van der Waals surface area contributed by atoms with Crippen molar-refractivity contribution < 1.29 is 4.79 Å². The number of pyridine rings is 1. The molecule has 0 aliphatic rings. The lowest BCUT2D eigenvalue weighted by atomic mass is 10.1. The van der Waals surface area contributed by atoms with Gasteiger partial charge in [-0.3, -0.25) is 9.78 Å². The Morgan fingerprint density at radius 1 is 1.07 bits per heavy atom. The van der Waals surface area contributed by atoms with Crippen LogP contribution in [0.15, 0.2) is 54.9 Å². The molecule has 0 atom stereocenters. The molecule has 0 unspecified atom stereocenters. The highest BCUT2D eigenvalue weighted by atomic mass is 16.1. The van der Waals surface area contributed by atoms with E-state index in [1.807, 2.05) is 18.2 Å². The van der Waals surface area contributed by atoms with Gasteiger partial charge in [0.15, 0.2) is 11.5 Å². The van der Waals surface area contributed by atoms with Crippen molar-refractivity contribution in [3.05, 3.63) is 71.7 Å². The van der Waals surface area contributed by atoms with Crippen LogP contribution in [0.1, 0.15) is 35.5 Å². The Morgan fingerprint density at radius 2 is 1.90 bits per heavy atom. The van der Waals surface area contributed by atoms with Gasteiger partial charge in [-0.2, -0.15) is 0 Å². The van der Waals surface area contributed by atoms with Gasteiger partial charge in [0, 0.05) is 43.4 Å². The van der Waals surface area contributed by atoms with Gasteiger partial charge in [0.05, 0.1) is 0 Å². The largest absolute Gasteiger partial charge is 0.372 e. The van der Waals surface area contributed by atoms with Gasteiger partial charge in [-0.05, 0) is 68.3 Å². The number of benzene rings is 1. The van der Waals surface area contributed by atoms with Crippen molar-refractivity contribution in [2.45, 2.75) is 27.3 Å². The maximum Gasteiger partial charge on any atom is 0.272 e. The zero-order chi connectivity index (χ0) is 20.6. The number of hydrogen-bond donors (Lipinski definition) is 2. The lowest BCUT2D eigenvalue weighted by Crippen LogP contribution is -2.24. The van der Waals surface area contributed by atoms with Crippen molar-refractivity contribution in [3.63, 3.8) is 0 Å². The van der Waals surface area contributed by atoms with Gasteiger partial charge in [-0.15, -0.1) is 10.2 Å². The monoisotopic (exact) mass is 390 g/mol. The first-order chi connectivity index (χ1) is 14.1. The molecule has 2 heterocycles. The fraction of sp³-hybridized carbons (Fsp3) is 0.273. The van der Waals surface area contributed by atoms with E-state index in [-0.39, 0.29) is 11.6 Å². The van der Waals surface area contributed by atoms with Gasteiger partial charge in [0.2, 0.25) is 0 Å². The zero-order valence-corrected chi connectivity index (χ0v) is 17.0. The number of nitrogens with one attached hydrogen (secondary N) is 2. The molecular formula is C22H26N6O. The predicted molar refractivity (Wildman–Crippen MR) is 115 cm³/mol. The zero-order valence-electron chi connectivity index (χ0n) is 17.0. The van der Waals surface area contributed by atoms with E-state index in [9.17, 15) is 4.79 Å². The molecule has 0 bridgehead atoms. The first-order valence-corrected chi connectivity index (χ1v) is 9.74. The topological polar surface area (TPSA) is 83.0 Å². The minimum absolute atomic E-state index is 0.271. The summed E-state index contributed by atoms with van der Waals surface area (Å²) in [7, 11) is 0. The average molecular weight is 390 g/mol. The molecule has 2 aromatic heterocycles. The molecule has 0 spiro atoms. The van der Waals surface area contributed by atoms with Crippen molar-refractivity contribution >= 4 is 23.1 Å². The van der Waals surface area contributed by atoms with Crippen molar-refractivity contribution in [1.82, 2.24) is 20.5 Å². The number of carbonyl (C=O) groups is 1. The molecule has 0 saturated heterocycles. The second kappa shape index (κ2) is 9.64. The Hall–Kier alpha value is -3.48. The van der Waals surface area contributed by atoms with Crippen LogP contribution in [0.4, 0.5) is 17.2 Å². The number of hydrogen-bond acceptors (Lipinski definition) is 6. The Kier molecular flexibility index (Phi) is 6.73. The number of rotatable bonds is 8. The van der Waals surface area contributed by atoms with E-state index in [0.717, 1.165) is 29.9 Å². The van der Waals surface area contributed by atoms with Crippen LogP contribution in [0.3, 0.4) is 0 Å². The molecule has 29 heavy (non-hydrogen) atoms. The van der Waals surface area contributed by atoms with Gasteiger partial charge < -0.3 is 15.5 Å². The summed E-state index contributed by atoms with van der Waals surface area (Å²) in [5.41, 5.74) is 4.48. The minimum Gasteiger partial charge on any atom is -0.372 e. The van der Waals surface area contributed by atoms with Crippen molar-refractivity contribution in [3.8, 4) is 0 Å². The van der Waals surface area contributed by atoms with Crippen molar-refractivity contribution in [1.29, 1.82) is 0 Å². The van der Waals surface area contributed by atoms with E-state index in [4.69, 9.17) is 0 Å². The maximum absolute atomic E-state index is 12.2. The van der Waals surface area contributed by atoms with Crippen LogP contribution >= 0.6 is 0 Å². The van der Waals surface area contributed by atoms with Crippen LogP contribution in [-0.2, 0) is 6.54 Å². The van der Waals surface area contributed by atoms with E-state index < -0.39 is 0 Å². The highest BCUT2D eigenvalue weighted by Crippen LogP contribution is 2.24. The summed E-state index contributed by atoms with van der Waals surface area (Å²) in [5.74, 6) is 0.320. The van der Waals surface area contributed by atoms with Gasteiger partial charge in [0.1, 0.15) is 0 Å². The predicted octanol–water partition coefficient (Wildman–Crippen LogP) is 3.70. The molecule has 7 nitrogen and oxygen atoms in total. The highest BCUT2D eigenvalue weighted by Gasteiger charge is 2.09. The SMILES string of the molecule is CCN(CC)c1ccc(Nc2ccc(C(=O)NCc3cccnc3)nn2)c(C)c1. The van der Waals surface area contributed by atoms with E-state index in [0.29, 0.717) is 12.4 Å². The first-order valence-electron chi connectivity index (χ1n) is 9.74. The summed E-state index contributed by atoms with van der Waals surface area (Å²) < 4.78 is 0. The molecule has 7 heteroatoms. The van der Waals surface area contributed by atoms with Gasteiger partial charge in [-0.25, -0.2) is 0 Å². The van der Waals surface area contributed by atoms with E-state index in [1.165, 1.54) is 5.69 Å². The summed E-state index contributed by atoms with van der Waals surface area (Å²) in [6.45, 7) is 8.69. The molecule has 3 aromatic rings. The fourth-order valence-electron chi connectivity index (χ4n) is 3.01. The van der Waals surface area contributed by atoms with Crippen LogP contribution in [-0.4, -0.2) is 34.2 Å². The standard InChI is InChI=1S/C22H26N6O/c1-4-28(5-2)18-8-9-19(16(3)13-18)25-21-11-10-20(26-27-21)22(29)24-15-17-7-6-12-23-14-17/h6-14H,4-5,15H2,1-3H3,(H,24,29)(H,25,27). The second-order valence-electron chi connectivity index (χ2n) is 6.64. The molecule has 0 saturated carbocycles. The number of anilines is 3. The van der Waals surface area contributed by atoms with E-state index in [2.05, 4.69) is 63.6 Å². The van der Waals surface area contributed by atoms with Gasteiger partial charge in [-0.1, -0.05) is 6.07 Å². The average Bonchev–Trinajstić information content (AvgIpc) is 2.76. The number of carbonyl (C=O) groups excluding carboxylic acids is 1. The number of aryl methyl sites for hydroxylation is 1. The summed E-state index contributed by atoms with van der Waals surface area (Å²) in [6.07, 6.45) is 3.41. The smallest absolute Gasteiger partial charge is 0.272 e. The van der Waals surface area contributed by atoms with Gasteiger partial charge in [0.25, 0.3) is 5.91 Å². The van der Waals surface area contributed by atoms with E-state index >= 15 is 0 Å². The molecule has 0 aliphatic heterocycles. The minimum atomic E-state index is -0.271. The quantitative estimate of drug-likeness (QED) is 0.610. The Labute approximate surface area is 171 Å². The van der Waals surface area contributed by atoms with Crippen LogP contribution in [0, 0.1) is 6.92 Å². The molecule has 0 radical (unpaired) electrons. The van der Waals surface area contributed by atoms with Crippen LogP contribution in [0.2, 0.25) is 0 Å². The fourth-order valence-corrected chi connectivity index (χ4v) is 3.01. The van der Waals surface area contributed by atoms with Crippen molar-refractivity contribution in [2.24, 2.45) is 0 Å². The van der Waals surface area contributed by atoms with Crippen LogP contribution < -0.4 is 15.5 Å². The lowest BCUT2D eigenvalue weighted by Gasteiger charge is -2.22. The molecule has 1 aromatic carbocycles. The van der Waals surface area contributed by atoms with Gasteiger partial charge >= 0.3 is 0 Å². The molecule has 2 N–H and O–H groups in total. The highest BCUT2D eigenvalue weighted by molar-refractivity contribution is 5.92. The third kappa shape index (κ3) is 5.28. The van der Waals surface area contributed by atoms with Crippen LogP contribution in [0.5, 0.6) is 0 Å². The summed E-state index contributed by atoms with van der Waals surface area (Å²) in [5, 5.41) is 14.3.